The molecule has 0 aromatic heterocycles. The molecule has 0 N–H and O–H groups in total. The van der Waals surface area contributed by atoms with Crippen LogP contribution in [0, 0.1) is 17.0 Å². The number of nitro benzene ring substituents is 1. The van der Waals surface area contributed by atoms with Crippen LogP contribution >= 0.6 is 11.6 Å². The molecule has 0 saturated heterocycles. The van der Waals surface area contributed by atoms with Crippen molar-refractivity contribution >= 4 is 17.3 Å². The number of hydrogen-bond donors (Lipinski definition) is 0. The van der Waals surface area contributed by atoms with Crippen molar-refractivity contribution < 1.29 is 9.66 Å². The first-order valence-corrected chi connectivity index (χ1v) is 5.63. The lowest BCUT2D eigenvalue weighted by Crippen LogP contribution is -1.93. The average Bonchev–Trinajstić information content (AvgIpc) is 2.34. The Morgan fingerprint density at radius 3 is 2.61 bits per heavy atom. The zero-order chi connectivity index (χ0) is 13.1. The average molecular weight is 264 g/mol. The lowest BCUT2D eigenvalue weighted by Gasteiger charge is -2.08. The van der Waals surface area contributed by atoms with Gasteiger partial charge in [0.2, 0.25) is 5.75 Å². The van der Waals surface area contributed by atoms with E-state index in [0.29, 0.717) is 10.8 Å². The molecule has 0 aliphatic carbocycles. The van der Waals surface area contributed by atoms with Crippen LogP contribution < -0.4 is 4.74 Å². The summed E-state index contributed by atoms with van der Waals surface area (Å²) < 4.78 is 5.51. The SMILES string of the molecule is Cc1ccc(Cl)c(Oc2ccccc2[N+](=O)[O-])c1. The molecular formula is C13H10ClNO3. The monoisotopic (exact) mass is 263 g/mol. The molecule has 0 aliphatic rings. The highest BCUT2D eigenvalue weighted by Gasteiger charge is 2.15. The minimum absolute atomic E-state index is 0.0879. The second kappa shape index (κ2) is 5.06. The number of aryl methyl sites for hydroxylation is 1. The summed E-state index contributed by atoms with van der Waals surface area (Å²) in [5.41, 5.74) is 0.878. The van der Waals surface area contributed by atoms with Crippen LogP contribution in [0.5, 0.6) is 11.5 Å². The van der Waals surface area contributed by atoms with E-state index in [4.69, 9.17) is 16.3 Å². The van der Waals surface area contributed by atoms with Gasteiger partial charge in [-0.15, -0.1) is 0 Å². The van der Waals surface area contributed by atoms with Gasteiger partial charge in [-0.25, -0.2) is 0 Å². The predicted octanol–water partition coefficient (Wildman–Crippen LogP) is 4.35. The minimum atomic E-state index is -0.487. The maximum absolute atomic E-state index is 10.9. The van der Waals surface area contributed by atoms with Crippen LogP contribution in [0.1, 0.15) is 5.56 Å². The molecule has 0 spiro atoms. The Bertz CT molecular complexity index is 599. The van der Waals surface area contributed by atoms with E-state index < -0.39 is 4.92 Å². The van der Waals surface area contributed by atoms with Crippen molar-refractivity contribution in [2.75, 3.05) is 0 Å². The Hall–Kier alpha value is -2.07. The molecule has 0 bridgehead atoms. The van der Waals surface area contributed by atoms with E-state index in [2.05, 4.69) is 0 Å². The molecule has 0 radical (unpaired) electrons. The molecule has 0 aliphatic heterocycles. The highest BCUT2D eigenvalue weighted by molar-refractivity contribution is 6.32. The lowest BCUT2D eigenvalue weighted by molar-refractivity contribution is -0.385. The van der Waals surface area contributed by atoms with Gasteiger partial charge in [-0.2, -0.15) is 0 Å². The number of nitrogens with zero attached hydrogens (tertiary/aromatic N) is 1. The Morgan fingerprint density at radius 1 is 1.17 bits per heavy atom. The highest BCUT2D eigenvalue weighted by atomic mass is 35.5. The molecule has 2 aromatic rings. The zero-order valence-corrected chi connectivity index (χ0v) is 10.3. The van der Waals surface area contributed by atoms with Gasteiger partial charge in [0, 0.05) is 6.07 Å². The van der Waals surface area contributed by atoms with Gasteiger partial charge in [-0.05, 0) is 30.7 Å². The van der Waals surface area contributed by atoms with Crippen LogP contribution in [-0.2, 0) is 0 Å². The normalized spacial score (nSPS) is 10.1. The van der Waals surface area contributed by atoms with E-state index in [-0.39, 0.29) is 11.4 Å². The summed E-state index contributed by atoms with van der Waals surface area (Å²) >= 11 is 5.98. The van der Waals surface area contributed by atoms with Gasteiger partial charge < -0.3 is 4.74 Å². The molecule has 0 fully saturated rings. The summed E-state index contributed by atoms with van der Waals surface area (Å²) in [4.78, 5) is 10.4. The van der Waals surface area contributed by atoms with Gasteiger partial charge >= 0.3 is 5.69 Å². The van der Waals surface area contributed by atoms with Crippen LogP contribution in [0.4, 0.5) is 5.69 Å². The number of ether oxygens (including phenoxy) is 1. The maximum Gasteiger partial charge on any atom is 0.311 e. The van der Waals surface area contributed by atoms with Crippen LogP contribution in [0.3, 0.4) is 0 Å². The standard InChI is InChI=1S/C13H10ClNO3/c1-9-6-7-10(14)13(8-9)18-12-5-3-2-4-11(12)15(16)17/h2-8H,1H3. The van der Waals surface area contributed by atoms with E-state index >= 15 is 0 Å². The van der Waals surface area contributed by atoms with Crippen molar-refractivity contribution in [2.45, 2.75) is 6.92 Å². The maximum atomic E-state index is 10.9. The fourth-order valence-electron chi connectivity index (χ4n) is 1.50. The predicted molar refractivity (Wildman–Crippen MR) is 69.4 cm³/mol. The minimum Gasteiger partial charge on any atom is -0.449 e. The van der Waals surface area contributed by atoms with Gasteiger partial charge in [0.1, 0.15) is 5.75 Å². The molecule has 5 heteroatoms. The molecule has 4 nitrogen and oxygen atoms in total. The first-order valence-electron chi connectivity index (χ1n) is 5.25. The van der Waals surface area contributed by atoms with Gasteiger partial charge in [0.15, 0.2) is 0 Å². The van der Waals surface area contributed by atoms with Crippen molar-refractivity contribution in [3.63, 3.8) is 0 Å². The molecule has 18 heavy (non-hydrogen) atoms. The van der Waals surface area contributed by atoms with Crippen LogP contribution in [0.2, 0.25) is 5.02 Å². The molecule has 0 saturated carbocycles. The third-order valence-corrected chi connectivity index (χ3v) is 2.68. The second-order valence-corrected chi connectivity index (χ2v) is 4.17. The van der Waals surface area contributed by atoms with Gasteiger partial charge in [0.25, 0.3) is 0 Å². The molecule has 0 amide bonds. The van der Waals surface area contributed by atoms with Crippen molar-refractivity contribution in [2.24, 2.45) is 0 Å². The summed E-state index contributed by atoms with van der Waals surface area (Å²) in [7, 11) is 0. The zero-order valence-electron chi connectivity index (χ0n) is 9.59. The van der Waals surface area contributed by atoms with Crippen molar-refractivity contribution in [1.29, 1.82) is 0 Å². The number of rotatable bonds is 3. The number of hydrogen-bond acceptors (Lipinski definition) is 3. The molecule has 0 unspecified atom stereocenters. The third kappa shape index (κ3) is 2.60. The first kappa shape index (κ1) is 12.4. The first-order chi connectivity index (χ1) is 8.58. The van der Waals surface area contributed by atoms with E-state index in [1.807, 2.05) is 13.0 Å². The fraction of sp³-hybridized carbons (Fsp3) is 0.0769. The van der Waals surface area contributed by atoms with Gasteiger partial charge in [-0.3, -0.25) is 10.1 Å². The highest BCUT2D eigenvalue weighted by Crippen LogP contribution is 2.34. The van der Waals surface area contributed by atoms with Gasteiger partial charge in [0.05, 0.1) is 9.95 Å². The number of nitro groups is 1. The van der Waals surface area contributed by atoms with Crippen molar-refractivity contribution in [1.82, 2.24) is 0 Å². The summed E-state index contributed by atoms with van der Waals surface area (Å²) in [5.74, 6) is 0.584. The third-order valence-electron chi connectivity index (χ3n) is 2.37. The van der Waals surface area contributed by atoms with E-state index in [1.165, 1.54) is 12.1 Å². The molecule has 2 rings (SSSR count). The Kier molecular flexibility index (Phi) is 3.48. The number of benzene rings is 2. The van der Waals surface area contributed by atoms with Crippen LogP contribution in [0.15, 0.2) is 42.5 Å². The second-order valence-electron chi connectivity index (χ2n) is 3.76. The molecule has 0 heterocycles. The van der Waals surface area contributed by atoms with Crippen LogP contribution in [-0.4, -0.2) is 4.92 Å². The molecular weight excluding hydrogens is 254 g/mol. The lowest BCUT2D eigenvalue weighted by atomic mass is 10.2. The smallest absolute Gasteiger partial charge is 0.311 e. The summed E-state index contributed by atoms with van der Waals surface area (Å²) in [5, 5.41) is 11.3. The number of halogens is 1. The molecule has 92 valence electrons. The van der Waals surface area contributed by atoms with E-state index in [9.17, 15) is 10.1 Å². The van der Waals surface area contributed by atoms with E-state index in [1.54, 1.807) is 24.3 Å². The Balaban J connectivity index is 2.40. The largest absolute Gasteiger partial charge is 0.449 e. The van der Waals surface area contributed by atoms with E-state index in [0.717, 1.165) is 5.56 Å². The summed E-state index contributed by atoms with van der Waals surface area (Å²) in [6.45, 7) is 1.89. The van der Waals surface area contributed by atoms with Crippen molar-refractivity contribution in [3.05, 3.63) is 63.2 Å². The summed E-state index contributed by atoms with van der Waals surface area (Å²) in [6, 6.07) is 11.5. The fourth-order valence-corrected chi connectivity index (χ4v) is 1.66. The van der Waals surface area contributed by atoms with Gasteiger partial charge in [-0.1, -0.05) is 29.8 Å². The number of para-hydroxylation sites is 2. The molecule has 0 atom stereocenters. The molecule has 2 aromatic carbocycles. The quantitative estimate of drug-likeness (QED) is 0.611. The van der Waals surface area contributed by atoms with Crippen LogP contribution in [0.25, 0.3) is 0 Å². The topological polar surface area (TPSA) is 52.4 Å². The Morgan fingerprint density at radius 2 is 1.89 bits per heavy atom. The van der Waals surface area contributed by atoms with Crippen molar-refractivity contribution in [3.8, 4) is 11.5 Å². The Labute approximate surface area is 109 Å². The summed E-state index contributed by atoms with van der Waals surface area (Å²) in [6.07, 6.45) is 0.